The van der Waals surface area contributed by atoms with Crippen molar-refractivity contribution in [1.82, 2.24) is 10.6 Å². The number of allylic oxidation sites excluding steroid dienone is 1. The van der Waals surface area contributed by atoms with Gasteiger partial charge in [-0.1, -0.05) is 31.9 Å². The van der Waals surface area contributed by atoms with Crippen LogP contribution in [0, 0.1) is 0 Å². The predicted molar refractivity (Wildman–Crippen MR) is 112 cm³/mol. The normalized spacial score (nSPS) is 22.6. The number of rotatable bonds is 3. The van der Waals surface area contributed by atoms with Gasteiger partial charge < -0.3 is 21.1 Å². The van der Waals surface area contributed by atoms with Crippen LogP contribution in [0.5, 0.6) is 5.75 Å². The smallest absolute Gasteiger partial charge is 0.416 e. The van der Waals surface area contributed by atoms with Gasteiger partial charge in [0.1, 0.15) is 12.4 Å². The summed E-state index contributed by atoms with van der Waals surface area (Å²) in [7, 11) is 0. The summed E-state index contributed by atoms with van der Waals surface area (Å²) in [5.74, 6) is -0.922. The second-order valence-electron chi connectivity index (χ2n) is 7.59. The van der Waals surface area contributed by atoms with Crippen LogP contribution < -0.4 is 21.1 Å². The van der Waals surface area contributed by atoms with Crippen LogP contribution in [0.3, 0.4) is 0 Å². The summed E-state index contributed by atoms with van der Waals surface area (Å²) in [5.41, 5.74) is 4.80. The first kappa shape index (κ1) is 24.7. The molecule has 31 heavy (non-hydrogen) atoms. The molecule has 0 fully saturated rings. The largest absolute Gasteiger partial charge is 0.489 e. The molecule has 0 saturated heterocycles. The van der Waals surface area contributed by atoms with Gasteiger partial charge in [0.25, 0.3) is 5.91 Å². The van der Waals surface area contributed by atoms with E-state index in [0.717, 1.165) is 31.0 Å². The summed E-state index contributed by atoms with van der Waals surface area (Å²) >= 11 is 0. The third kappa shape index (κ3) is 7.90. The van der Waals surface area contributed by atoms with E-state index in [2.05, 4.69) is 10.6 Å². The van der Waals surface area contributed by atoms with Gasteiger partial charge >= 0.3 is 6.18 Å². The number of amides is 2. The standard InChI is InChI=1S/C22H30F3N3O3/c1-2-3-8-16-14-27-21(30)18(26)9-6-4-5-7-12-31-19-11-10-15(22(23,24)25)13-17(19)20(29)28-16/h5,7,10-11,13,16,18H,2-4,6,8-9,12,14,26H2,1H3,(H,27,30)(H,28,29)/b7-5-. The topological polar surface area (TPSA) is 93.5 Å². The third-order valence-electron chi connectivity index (χ3n) is 5.04. The second kappa shape index (κ2) is 11.7. The molecular weight excluding hydrogens is 411 g/mol. The molecule has 172 valence electrons. The number of carbonyl (C=O) groups is 2. The van der Waals surface area contributed by atoms with Crippen LogP contribution in [0.2, 0.25) is 0 Å². The van der Waals surface area contributed by atoms with Crippen molar-refractivity contribution in [2.75, 3.05) is 13.2 Å². The Bertz CT molecular complexity index is 781. The lowest BCUT2D eigenvalue weighted by atomic mass is 10.1. The molecule has 0 bridgehead atoms. The Hall–Kier alpha value is -2.55. The van der Waals surface area contributed by atoms with Crippen LogP contribution >= 0.6 is 0 Å². The van der Waals surface area contributed by atoms with Crippen molar-refractivity contribution < 1.29 is 27.5 Å². The molecule has 0 aliphatic carbocycles. The van der Waals surface area contributed by atoms with E-state index in [-0.39, 0.29) is 30.4 Å². The Kier molecular flexibility index (Phi) is 9.36. The molecule has 1 aliphatic rings. The fourth-order valence-corrected chi connectivity index (χ4v) is 3.21. The molecule has 2 unspecified atom stereocenters. The fraction of sp³-hybridized carbons (Fsp3) is 0.545. The van der Waals surface area contributed by atoms with Crippen LogP contribution in [0.15, 0.2) is 30.4 Å². The Morgan fingerprint density at radius 2 is 2.00 bits per heavy atom. The molecule has 0 radical (unpaired) electrons. The van der Waals surface area contributed by atoms with Crippen LogP contribution in [0.25, 0.3) is 0 Å². The maximum Gasteiger partial charge on any atom is 0.416 e. The third-order valence-corrected chi connectivity index (χ3v) is 5.04. The number of hydrogen-bond acceptors (Lipinski definition) is 4. The Labute approximate surface area is 180 Å². The Morgan fingerprint density at radius 1 is 1.23 bits per heavy atom. The van der Waals surface area contributed by atoms with Gasteiger partial charge in [-0.05, 0) is 43.9 Å². The number of hydrogen-bond donors (Lipinski definition) is 3. The average molecular weight is 441 g/mol. The monoisotopic (exact) mass is 441 g/mol. The minimum Gasteiger partial charge on any atom is -0.489 e. The zero-order valence-corrected chi connectivity index (χ0v) is 17.6. The minimum atomic E-state index is -4.59. The number of fused-ring (bicyclic) bond motifs is 1. The summed E-state index contributed by atoms with van der Waals surface area (Å²) in [6.07, 6.45) is 3.12. The molecule has 0 saturated carbocycles. The zero-order chi connectivity index (χ0) is 22.9. The van der Waals surface area contributed by atoms with Crippen LogP contribution in [0.4, 0.5) is 13.2 Å². The molecule has 2 atom stereocenters. The van der Waals surface area contributed by atoms with Gasteiger partial charge in [-0.15, -0.1) is 0 Å². The minimum absolute atomic E-state index is 0.0718. The SMILES string of the molecule is CCCCC1CNC(=O)C(N)CCC/C=C\COc2ccc(C(F)(F)F)cc2C(=O)N1. The first-order valence-corrected chi connectivity index (χ1v) is 10.6. The van der Waals surface area contributed by atoms with E-state index in [1.807, 2.05) is 13.0 Å². The number of carbonyl (C=O) groups excluding carboxylic acids is 2. The highest BCUT2D eigenvalue weighted by Crippen LogP contribution is 2.32. The second-order valence-corrected chi connectivity index (χ2v) is 7.59. The molecule has 1 aromatic rings. The van der Waals surface area contributed by atoms with Crippen molar-refractivity contribution in [3.63, 3.8) is 0 Å². The number of unbranched alkanes of at least 4 members (excludes halogenated alkanes) is 1. The van der Waals surface area contributed by atoms with Crippen molar-refractivity contribution in [2.24, 2.45) is 5.73 Å². The predicted octanol–water partition coefficient (Wildman–Crippen LogP) is 3.56. The molecule has 1 aromatic carbocycles. The van der Waals surface area contributed by atoms with Gasteiger partial charge in [0.2, 0.25) is 5.91 Å². The molecule has 6 nitrogen and oxygen atoms in total. The Morgan fingerprint density at radius 3 is 2.71 bits per heavy atom. The van der Waals surface area contributed by atoms with E-state index >= 15 is 0 Å². The van der Waals surface area contributed by atoms with Gasteiger partial charge in [-0.25, -0.2) is 0 Å². The summed E-state index contributed by atoms with van der Waals surface area (Å²) in [5, 5.41) is 5.49. The quantitative estimate of drug-likeness (QED) is 0.626. The molecule has 1 aliphatic heterocycles. The molecule has 0 spiro atoms. The molecule has 9 heteroatoms. The number of ether oxygens (including phenoxy) is 1. The van der Waals surface area contributed by atoms with E-state index < -0.39 is 29.7 Å². The van der Waals surface area contributed by atoms with E-state index in [4.69, 9.17) is 10.5 Å². The molecule has 4 N–H and O–H groups in total. The molecule has 2 rings (SSSR count). The maximum absolute atomic E-state index is 13.2. The summed E-state index contributed by atoms with van der Waals surface area (Å²) in [6.45, 7) is 2.24. The molecule has 1 heterocycles. The highest BCUT2D eigenvalue weighted by atomic mass is 19.4. The van der Waals surface area contributed by atoms with Crippen LogP contribution in [0.1, 0.15) is 61.4 Å². The summed E-state index contributed by atoms with van der Waals surface area (Å²) < 4.78 is 45.2. The average Bonchev–Trinajstić information content (AvgIpc) is 2.73. The van der Waals surface area contributed by atoms with Gasteiger partial charge in [-0.2, -0.15) is 13.2 Å². The zero-order valence-electron chi connectivity index (χ0n) is 17.6. The van der Waals surface area contributed by atoms with Gasteiger partial charge in [-0.3, -0.25) is 9.59 Å². The number of nitrogens with two attached hydrogens (primary N) is 1. The lowest BCUT2D eigenvalue weighted by molar-refractivity contribution is -0.137. The number of benzene rings is 1. The first-order valence-electron chi connectivity index (χ1n) is 10.6. The van der Waals surface area contributed by atoms with Gasteiger partial charge in [0.05, 0.1) is 17.2 Å². The van der Waals surface area contributed by atoms with E-state index in [1.165, 1.54) is 0 Å². The van der Waals surface area contributed by atoms with Crippen molar-refractivity contribution in [3.8, 4) is 5.75 Å². The number of nitrogens with one attached hydrogen (secondary N) is 2. The number of halogens is 3. The lowest BCUT2D eigenvalue weighted by Gasteiger charge is -2.22. The molecule has 2 amide bonds. The first-order chi connectivity index (χ1) is 14.7. The number of alkyl halides is 3. The summed E-state index contributed by atoms with van der Waals surface area (Å²) in [6, 6.07) is 1.75. The highest BCUT2D eigenvalue weighted by molar-refractivity contribution is 5.97. The molecular formula is C22H30F3N3O3. The molecule has 0 aromatic heterocycles. The highest BCUT2D eigenvalue weighted by Gasteiger charge is 2.32. The van der Waals surface area contributed by atoms with Gasteiger partial charge in [0, 0.05) is 12.6 Å². The maximum atomic E-state index is 13.2. The summed E-state index contributed by atoms with van der Waals surface area (Å²) in [4.78, 5) is 25.1. The van der Waals surface area contributed by atoms with Crippen molar-refractivity contribution in [2.45, 2.75) is 63.7 Å². The van der Waals surface area contributed by atoms with Crippen molar-refractivity contribution in [3.05, 3.63) is 41.5 Å². The fourth-order valence-electron chi connectivity index (χ4n) is 3.21. The van der Waals surface area contributed by atoms with Crippen molar-refractivity contribution in [1.29, 1.82) is 0 Å². The lowest BCUT2D eigenvalue weighted by Crippen LogP contribution is -2.48. The Balaban J connectivity index is 2.32. The van der Waals surface area contributed by atoms with E-state index in [0.29, 0.717) is 25.7 Å². The van der Waals surface area contributed by atoms with Crippen LogP contribution in [-0.2, 0) is 11.0 Å². The van der Waals surface area contributed by atoms with Crippen LogP contribution in [-0.4, -0.2) is 37.0 Å². The van der Waals surface area contributed by atoms with E-state index in [9.17, 15) is 22.8 Å². The van der Waals surface area contributed by atoms with E-state index in [1.54, 1.807) is 6.08 Å². The van der Waals surface area contributed by atoms with Gasteiger partial charge in [0.15, 0.2) is 0 Å². The van der Waals surface area contributed by atoms with Crippen molar-refractivity contribution >= 4 is 11.8 Å².